The molecule has 0 saturated heterocycles. The van der Waals surface area contributed by atoms with Crippen molar-refractivity contribution in [3.05, 3.63) is 48.3 Å². The summed E-state index contributed by atoms with van der Waals surface area (Å²) in [5.41, 5.74) is 3.57. The van der Waals surface area contributed by atoms with Gasteiger partial charge in [0.1, 0.15) is 5.69 Å². The molecular formula is C19H20N4O2. The average Bonchev–Trinajstić information content (AvgIpc) is 2.65. The van der Waals surface area contributed by atoms with Gasteiger partial charge in [-0.25, -0.2) is 14.8 Å². The predicted octanol–water partition coefficient (Wildman–Crippen LogP) is 3.32. The van der Waals surface area contributed by atoms with Crippen LogP contribution in [0.1, 0.15) is 24.2 Å². The van der Waals surface area contributed by atoms with Crippen LogP contribution in [0, 0.1) is 0 Å². The Kier molecular flexibility index (Phi) is 4.61. The van der Waals surface area contributed by atoms with Crippen molar-refractivity contribution in [2.24, 2.45) is 0 Å². The van der Waals surface area contributed by atoms with E-state index in [-0.39, 0.29) is 12.0 Å². The molecule has 0 aliphatic rings. The average molecular weight is 336 g/mol. The summed E-state index contributed by atoms with van der Waals surface area (Å²) in [5.74, 6) is 0.372. The van der Waals surface area contributed by atoms with E-state index in [0.717, 1.165) is 22.6 Å². The second kappa shape index (κ2) is 6.84. The van der Waals surface area contributed by atoms with E-state index < -0.39 is 0 Å². The summed E-state index contributed by atoms with van der Waals surface area (Å²) in [6.07, 6.45) is 3.47. The molecule has 0 unspecified atom stereocenters. The summed E-state index contributed by atoms with van der Waals surface area (Å²) < 4.78 is 4.79. The minimum atomic E-state index is -0.388. The standard InChI is InChI=1S/C19H20N4O2/c1-12(2)23(3)18-17(13-7-9-20-10-8-13)21-15-6-5-14(19(24)25-4)11-16(15)22-18/h5-12H,1-4H3. The summed E-state index contributed by atoms with van der Waals surface area (Å²) in [5, 5.41) is 0. The summed E-state index contributed by atoms with van der Waals surface area (Å²) in [6.45, 7) is 4.18. The van der Waals surface area contributed by atoms with Crippen LogP contribution in [0.15, 0.2) is 42.7 Å². The number of hydrogen-bond acceptors (Lipinski definition) is 6. The fourth-order valence-electron chi connectivity index (χ4n) is 2.48. The van der Waals surface area contributed by atoms with Gasteiger partial charge in [-0.1, -0.05) is 0 Å². The summed E-state index contributed by atoms with van der Waals surface area (Å²) >= 11 is 0. The zero-order valence-electron chi connectivity index (χ0n) is 14.7. The lowest BCUT2D eigenvalue weighted by Crippen LogP contribution is -2.27. The number of rotatable bonds is 4. The van der Waals surface area contributed by atoms with Crippen molar-refractivity contribution in [1.29, 1.82) is 0 Å². The number of aromatic nitrogens is 3. The second-order valence-corrected chi connectivity index (χ2v) is 6.03. The van der Waals surface area contributed by atoms with E-state index in [1.54, 1.807) is 30.6 Å². The molecule has 2 aromatic heterocycles. The predicted molar refractivity (Wildman–Crippen MR) is 97.6 cm³/mol. The first kappa shape index (κ1) is 16.8. The Morgan fingerprint density at radius 2 is 1.80 bits per heavy atom. The molecule has 25 heavy (non-hydrogen) atoms. The van der Waals surface area contributed by atoms with Crippen LogP contribution >= 0.6 is 0 Å². The van der Waals surface area contributed by atoms with Crippen LogP contribution in [-0.4, -0.2) is 41.1 Å². The third kappa shape index (κ3) is 3.28. The highest BCUT2D eigenvalue weighted by atomic mass is 16.5. The number of anilines is 1. The zero-order chi connectivity index (χ0) is 18.0. The van der Waals surface area contributed by atoms with Gasteiger partial charge in [-0.2, -0.15) is 0 Å². The van der Waals surface area contributed by atoms with E-state index in [1.165, 1.54) is 7.11 Å². The molecule has 128 valence electrons. The van der Waals surface area contributed by atoms with Gasteiger partial charge in [0.25, 0.3) is 0 Å². The lowest BCUT2D eigenvalue weighted by Gasteiger charge is -2.25. The van der Waals surface area contributed by atoms with Gasteiger partial charge in [0.15, 0.2) is 5.82 Å². The SMILES string of the molecule is COC(=O)c1ccc2nc(-c3ccncc3)c(N(C)C(C)C)nc2c1. The van der Waals surface area contributed by atoms with Gasteiger partial charge in [-0.05, 0) is 44.2 Å². The summed E-state index contributed by atoms with van der Waals surface area (Å²) in [6, 6.07) is 9.27. The number of benzene rings is 1. The van der Waals surface area contributed by atoms with Gasteiger partial charge in [0, 0.05) is 31.0 Å². The first-order valence-electron chi connectivity index (χ1n) is 8.04. The molecule has 0 N–H and O–H groups in total. The molecule has 0 aliphatic heterocycles. The Bertz CT molecular complexity index is 910. The zero-order valence-corrected chi connectivity index (χ0v) is 14.7. The first-order chi connectivity index (χ1) is 12.0. The lowest BCUT2D eigenvalue weighted by molar-refractivity contribution is 0.0601. The molecule has 6 heteroatoms. The number of hydrogen-bond donors (Lipinski definition) is 0. The number of carbonyl (C=O) groups excluding carboxylic acids is 1. The van der Waals surface area contributed by atoms with Crippen LogP contribution in [0.25, 0.3) is 22.3 Å². The van der Waals surface area contributed by atoms with Crippen LogP contribution in [0.3, 0.4) is 0 Å². The maximum absolute atomic E-state index is 11.8. The Labute approximate surface area is 146 Å². The summed E-state index contributed by atoms with van der Waals surface area (Å²) in [7, 11) is 3.35. The van der Waals surface area contributed by atoms with E-state index in [9.17, 15) is 4.79 Å². The van der Waals surface area contributed by atoms with Crippen molar-refractivity contribution in [2.45, 2.75) is 19.9 Å². The fraction of sp³-hybridized carbons (Fsp3) is 0.263. The van der Waals surface area contributed by atoms with Crippen molar-refractivity contribution < 1.29 is 9.53 Å². The lowest BCUT2D eigenvalue weighted by atomic mass is 10.1. The molecule has 0 spiro atoms. The number of pyridine rings is 1. The Morgan fingerprint density at radius 3 is 2.44 bits per heavy atom. The quantitative estimate of drug-likeness (QED) is 0.681. The van der Waals surface area contributed by atoms with Crippen molar-refractivity contribution in [1.82, 2.24) is 15.0 Å². The van der Waals surface area contributed by atoms with E-state index in [4.69, 9.17) is 14.7 Å². The molecule has 3 aromatic rings. The minimum absolute atomic E-state index is 0.246. The van der Waals surface area contributed by atoms with Gasteiger partial charge in [0.2, 0.25) is 0 Å². The number of nitrogens with zero attached hydrogens (tertiary/aromatic N) is 4. The van der Waals surface area contributed by atoms with Crippen molar-refractivity contribution in [3.8, 4) is 11.3 Å². The topological polar surface area (TPSA) is 68.2 Å². The smallest absolute Gasteiger partial charge is 0.337 e. The van der Waals surface area contributed by atoms with Crippen LogP contribution in [0.4, 0.5) is 5.82 Å². The van der Waals surface area contributed by atoms with Crippen LogP contribution in [0.2, 0.25) is 0 Å². The van der Waals surface area contributed by atoms with E-state index in [1.807, 2.05) is 19.2 Å². The van der Waals surface area contributed by atoms with Gasteiger partial charge >= 0.3 is 5.97 Å². The van der Waals surface area contributed by atoms with E-state index in [2.05, 4.69) is 23.7 Å². The largest absolute Gasteiger partial charge is 0.465 e. The Balaban J connectivity index is 2.24. The number of carbonyl (C=O) groups is 1. The molecular weight excluding hydrogens is 316 g/mol. The van der Waals surface area contributed by atoms with E-state index >= 15 is 0 Å². The van der Waals surface area contributed by atoms with Gasteiger partial charge in [-0.3, -0.25) is 4.98 Å². The van der Waals surface area contributed by atoms with Crippen LogP contribution in [-0.2, 0) is 4.74 Å². The van der Waals surface area contributed by atoms with Gasteiger partial charge < -0.3 is 9.64 Å². The normalized spacial score (nSPS) is 10.9. The molecule has 0 aliphatic carbocycles. The maximum Gasteiger partial charge on any atom is 0.337 e. The molecule has 0 bridgehead atoms. The van der Waals surface area contributed by atoms with Crippen LogP contribution < -0.4 is 4.90 Å². The first-order valence-corrected chi connectivity index (χ1v) is 8.04. The van der Waals surface area contributed by atoms with E-state index in [0.29, 0.717) is 11.1 Å². The molecule has 0 saturated carbocycles. The molecule has 0 fully saturated rings. The third-order valence-electron chi connectivity index (χ3n) is 4.13. The maximum atomic E-state index is 11.8. The molecule has 0 atom stereocenters. The molecule has 1 aromatic carbocycles. The molecule has 3 rings (SSSR count). The Morgan fingerprint density at radius 1 is 1.08 bits per heavy atom. The molecule has 0 radical (unpaired) electrons. The summed E-state index contributed by atoms with van der Waals surface area (Å²) in [4.78, 5) is 27.5. The monoisotopic (exact) mass is 336 g/mol. The number of methoxy groups -OCH3 is 1. The molecule has 2 heterocycles. The second-order valence-electron chi connectivity index (χ2n) is 6.03. The van der Waals surface area contributed by atoms with Crippen molar-refractivity contribution in [2.75, 3.05) is 19.1 Å². The van der Waals surface area contributed by atoms with Crippen LogP contribution in [0.5, 0.6) is 0 Å². The number of esters is 1. The minimum Gasteiger partial charge on any atom is -0.465 e. The molecule has 0 amide bonds. The molecule has 6 nitrogen and oxygen atoms in total. The van der Waals surface area contributed by atoms with Gasteiger partial charge in [-0.15, -0.1) is 0 Å². The highest BCUT2D eigenvalue weighted by Crippen LogP contribution is 2.30. The highest BCUT2D eigenvalue weighted by Gasteiger charge is 2.17. The fourth-order valence-corrected chi connectivity index (χ4v) is 2.48. The van der Waals surface area contributed by atoms with Crippen molar-refractivity contribution >= 4 is 22.8 Å². The number of fused-ring (bicyclic) bond motifs is 1. The van der Waals surface area contributed by atoms with Crippen molar-refractivity contribution in [3.63, 3.8) is 0 Å². The van der Waals surface area contributed by atoms with Gasteiger partial charge in [0.05, 0.1) is 23.7 Å². The number of ether oxygens (including phenoxy) is 1. The Hall–Kier alpha value is -3.02. The third-order valence-corrected chi connectivity index (χ3v) is 4.13. The highest BCUT2D eigenvalue weighted by molar-refractivity contribution is 5.94.